The molecule has 3 heteroatoms. The van der Waals surface area contributed by atoms with Crippen molar-refractivity contribution < 1.29 is 9.50 Å². The van der Waals surface area contributed by atoms with Crippen LogP contribution in [0.5, 0.6) is 5.75 Å². The minimum atomic E-state index is -0.517. The zero-order valence-corrected chi connectivity index (χ0v) is 7.31. The summed E-state index contributed by atoms with van der Waals surface area (Å²) >= 11 is 0. The largest absolute Gasteiger partial charge is 0.506 e. The summed E-state index contributed by atoms with van der Waals surface area (Å²) in [7, 11) is 0. The van der Waals surface area contributed by atoms with Crippen LogP contribution in [0, 0.1) is 5.82 Å². The van der Waals surface area contributed by atoms with Gasteiger partial charge in [-0.3, -0.25) is 4.98 Å². The molecule has 0 unspecified atom stereocenters. The van der Waals surface area contributed by atoms with Gasteiger partial charge in [-0.1, -0.05) is 30.3 Å². The number of halogens is 1. The maximum Gasteiger partial charge on any atom is 0.153 e. The molecule has 2 nitrogen and oxygen atoms in total. The summed E-state index contributed by atoms with van der Waals surface area (Å²) in [5, 5.41) is 9.44. The highest BCUT2D eigenvalue weighted by atomic mass is 19.1. The van der Waals surface area contributed by atoms with E-state index in [1.807, 2.05) is 6.07 Å². The Morgan fingerprint density at radius 2 is 1.79 bits per heavy atom. The molecule has 1 aromatic carbocycles. The smallest absolute Gasteiger partial charge is 0.153 e. The predicted octanol–water partition coefficient (Wildman–Crippen LogP) is 2.59. The lowest BCUT2D eigenvalue weighted by Gasteiger charge is -2.04. The first-order valence-corrected chi connectivity index (χ1v) is 4.17. The van der Waals surface area contributed by atoms with Crippen LogP contribution in [0.25, 0.3) is 11.1 Å². The summed E-state index contributed by atoms with van der Waals surface area (Å²) in [4.78, 5) is 3.54. The Balaban J connectivity index is 2.63. The Morgan fingerprint density at radius 3 is 2.43 bits per heavy atom. The molecule has 1 heterocycles. The van der Waals surface area contributed by atoms with Crippen molar-refractivity contribution in [3.63, 3.8) is 0 Å². The van der Waals surface area contributed by atoms with Crippen molar-refractivity contribution in [2.45, 2.75) is 0 Å². The third kappa shape index (κ3) is 1.44. The third-order valence-corrected chi connectivity index (χ3v) is 1.94. The number of nitrogens with zero attached hydrogens (tertiary/aromatic N) is 1. The van der Waals surface area contributed by atoms with E-state index in [9.17, 15) is 9.50 Å². The molecule has 70 valence electrons. The molecule has 14 heavy (non-hydrogen) atoms. The van der Waals surface area contributed by atoms with Gasteiger partial charge in [-0.05, 0) is 5.56 Å². The average molecular weight is 189 g/mol. The minimum absolute atomic E-state index is 0.142. The topological polar surface area (TPSA) is 33.1 Å². The Bertz CT molecular complexity index is 422. The van der Waals surface area contributed by atoms with Crippen LogP contribution in [-0.2, 0) is 0 Å². The number of hydrogen-bond acceptors (Lipinski definition) is 2. The van der Waals surface area contributed by atoms with E-state index in [4.69, 9.17) is 0 Å². The van der Waals surface area contributed by atoms with Crippen molar-refractivity contribution in [3.05, 3.63) is 48.5 Å². The van der Waals surface area contributed by atoms with Gasteiger partial charge < -0.3 is 5.11 Å². The quantitative estimate of drug-likeness (QED) is 0.747. The molecule has 0 aliphatic rings. The number of rotatable bonds is 1. The zero-order chi connectivity index (χ0) is 9.97. The van der Waals surface area contributed by atoms with Crippen molar-refractivity contribution >= 4 is 0 Å². The lowest BCUT2D eigenvalue weighted by molar-refractivity contribution is 0.468. The van der Waals surface area contributed by atoms with E-state index in [0.29, 0.717) is 5.56 Å². The molecule has 0 saturated heterocycles. The normalized spacial score (nSPS) is 10.1. The molecule has 0 aliphatic heterocycles. The number of aromatic nitrogens is 1. The van der Waals surface area contributed by atoms with Crippen molar-refractivity contribution in [1.29, 1.82) is 0 Å². The molecule has 2 aromatic rings. The first-order valence-electron chi connectivity index (χ1n) is 4.17. The van der Waals surface area contributed by atoms with E-state index in [-0.39, 0.29) is 11.3 Å². The lowest BCUT2D eigenvalue weighted by atomic mass is 10.1. The molecule has 0 fully saturated rings. The fourth-order valence-corrected chi connectivity index (χ4v) is 1.32. The predicted molar refractivity (Wildman–Crippen MR) is 51.3 cm³/mol. The molecule has 1 aromatic heterocycles. The zero-order valence-electron chi connectivity index (χ0n) is 7.31. The van der Waals surface area contributed by atoms with Gasteiger partial charge in [0.25, 0.3) is 0 Å². The summed E-state index contributed by atoms with van der Waals surface area (Å²) in [6, 6.07) is 8.87. The van der Waals surface area contributed by atoms with Crippen molar-refractivity contribution in [3.8, 4) is 16.9 Å². The summed E-state index contributed by atoms with van der Waals surface area (Å²) in [6.45, 7) is 0. The lowest BCUT2D eigenvalue weighted by Crippen LogP contribution is -1.86. The maximum absolute atomic E-state index is 13.3. The molecule has 0 amide bonds. The average Bonchev–Trinajstić information content (AvgIpc) is 2.19. The second-order valence-electron chi connectivity index (χ2n) is 2.88. The van der Waals surface area contributed by atoms with Gasteiger partial charge in [0.2, 0.25) is 0 Å². The third-order valence-electron chi connectivity index (χ3n) is 1.94. The second-order valence-corrected chi connectivity index (χ2v) is 2.88. The van der Waals surface area contributed by atoms with Crippen LogP contribution >= 0.6 is 0 Å². The van der Waals surface area contributed by atoms with Crippen LogP contribution in [0.4, 0.5) is 4.39 Å². The first kappa shape index (κ1) is 8.69. The van der Waals surface area contributed by atoms with Crippen LogP contribution < -0.4 is 0 Å². The standard InChI is InChI=1S/C11H8FNO/c12-9-6-13-7-10(14)11(9)8-4-2-1-3-5-8/h1-7,14H. The van der Waals surface area contributed by atoms with Crippen LogP contribution in [0.2, 0.25) is 0 Å². The summed E-state index contributed by atoms with van der Waals surface area (Å²) in [5.41, 5.74) is 0.838. The molecule has 0 bridgehead atoms. The van der Waals surface area contributed by atoms with Crippen molar-refractivity contribution in [2.75, 3.05) is 0 Å². The van der Waals surface area contributed by atoms with Crippen molar-refractivity contribution in [2.24, 2.45) is 0 Å². The van der Waals surface area contributed by atoms with Gasteiger partial charge >= 0.3 is 0 Å². The highest BCUT2D eigenvalue weighted by Gasteiger charge is 2.09. The molecular formula is C11H8FNO. The highest BCUT2D eigenvalue weighted by Crippen LogP contribution is 2.29. The van der Waals surface area contributed by atoms with Gasteiger partial charge in [0, 0.05) is 0 Å². The van der Waals surface area contributed by atoms with Crippen LogP contribution in [0.15, 0.2) is 42.7 Å². The number of aromatic hydroxyl groups is 1. The van der Waals surface area contributed by atoms with E-state index in [1.54, 1.807) is 24.3 Å². The molecule has 2 rings (SSSR count). The molecule has 0 radical (unpaired) electrons. The minimum Gasteiger partial charge on any atom is -0.506 e. The van der Waals surface area contributed by atoms with E-state index < -0.39 is 5.82 Å². The Morgan fingerprint density at radius 1 is 1.07 bits per heavy atom. The molecule has 0 spiro atoms. The Labute approximate surface area is 80.7 Å². The summed E-state index contributed by atoms with van der Waals surface area (Å²) < 4.78 is 13.3. The molecule has 0 atom stereocenters. The summed E-state index contributed by atoms with van der Waals surface area (Å²) in [5.74, 6) is -0.660. The Kier molecular flexibility index (Phi) is 2.14. The van der Waals surface area contributed by atoms with E-state index in [2.05, 4.69) is 4.98 Å². The van der Waals surface area contributed by atoms with Crippen LogP contribution in [0.1, 0.15) is 0 Å². The molecule has 0 aliphatic carbocycles. The fourth-order valence-electron chi connectivity index (χ4n) is 1.32. The maximum atomic E-state index is 13.3. The molecule has 0 saturated carbocycles. The van der Waals surface area contributed by atoms with Gasteiger partial charge in [-0.25, -0.2) is 4.39 Å². The van der Waals surface area contributed by atoms with Gasteiger partial charge in [-0.15, -0.1) is 0 Å². The van der Waals surface area contributed by atoms with Gasteiger partial charge in [-0.2, -0.15) is 0 Å². The first-order chi connectivity index (χ1) is 6.79. The number of benzene rings is 1. The van der Waals surface area contributed by atoms with Crippen LogP contribution in [-0.4, -0.2) is 10.1 Å². The number of pyridine rings is 1. The van der Waals surface area contributed by atoms with Gasteiger partial charge in [0.15, 0.2) is 5.82 Å². The van der Waals surface area contributed by atoms with Gasteiger partial charge in [0.1, 0.15) is 5.75 Å². The van der Waals surface area contributed by atoms with E-state index in [1.165, 1.54) is 6.20 Å². The van der Waals surface area contributed by atoms with Crippen LogP contribution in [0.3, 0.4) is 0 Å². The fraction of sp³-hybridized carbons (Fsp3) is 0. The molecule has 1 N–H and O–H groups in total. The summed E-state index contributed by atoms with van der Waals surface area (Å²) in [6.07, 6.45) is 2.31. The SMILES string of the molecule is Oc1cncc(F)c1-c1ccccc1. The van der Waals surface area contributed by atoms with E-state index >= 15 is 0 Å². The number of hydrogen-bond donors (Lipinski definition) is 1. The molecular weight excluding hydrogens is 181 g/mol. The van der Waals surface area contributed by atoms with Gasteiger partial charge in [0.05, 0.1) is 18.0 Å². The van der Waals surface area contributed by atoms with Crippen molar-refractivity contribution in [1.82, 2.24) is 4.98 Å². The highest BCUT2D eigenvalue weighted by molar-refractivity contribution is 5.69. The second kappa shape index (κ2) is 3.46. The Hall–Kier alpha value is -1.90. The van der Waals surface area contributed by atoms with E-state index in [0.717, 1.165) is 6.20 Å². The monoisotopic (exact) mass is 189 g/mol.